The van der Waals surface area contributed by atoms with E-state index in [9.17, 15) is 9.59 Å². The minimum atomic E-state index is -0.189. The molecule has 0 bridgehead atoms. The molecule has 3 heterocycles. The predicted molar refractivity (Wildman–Crippen MR) is 97.6 cm³/mol. The lowest BCUT2D eigenvalue weighted by Crippen LogP contribution is -2.40. The molecule has 2 amide bonds. The van der Waals surface area contributed by atoms with Crippen molar-refractivity contribution in [2.75, 3.05) is 6.54 Å². The summed E-state index contributed by atoms with van der Waals surface area (Å²) < 4.78 is 1.97. The van der Waals surface area contributed by atoms with Gasteiger partial charge in [-0.2, -0.15) is 5.10 Å². The molecule has 0 saturated carbocycles. The molecule has 0 aliphatic carbocycles. The van der Waals surface area contributed by atoms with Crippen LogP contribution in [0, 0.1) is 0 Å². The van der Waals surface area contributed by atoms with Gasteiger partial charge in [0.25, 0.3) is 5.91 Å². The van der Waals surface area contributed by atoms with Crippen LogP contribution in [0.25, 0.3) is 10.9 Å². The normalized spacial score (nSPS) is 19.8. The summed E-state index contributed by atoms with van der Waals surface area (Å²) in [6, 6.07) is 11.7. The van der Waals surface area contributed by atoms with E-state index in [1.165, 1.54) is 0 Å². The molecule has 1 fully saturated rings. The number of fused-ring (bicyclic) bond motifs is 1. The number of rotatable bonds is 4. The van der Waals surface area contributed by atoms with Gasteiger partial charge >= 0.3 is 0 Å². The van der Waals surface area contributed by atoms with Gasteiger partial charge in [0.05, 0.1) is 0 Å². The second kappa shape index (κ2) is 6.67. The lowest BCUT2D eigenvalue weighted by Gasteiger charge is -2.22. The van der Waals surface area contributed by atoms with Crippen molar-refractivity contribution in [2.24, 2.45) is 0 Å². The molecule has 0 radical (unpaired) electrons. The van der Waals surface area contributed by atoms with Crippen molar-refractivity contribution in [3.8, 4) is 0 Å². The maximum absolute atomic E-state index is 12.8. The number of nitrogens with zero attached hydrogens (tertiary/aromatic N) is 3. The number of hydrogen-bond donors (Lipinski definition) is 2. The third-order valence-electron chi connectivity index (χ3n) is 4.96. The molecule has 134 valence electrons. The quantitative estimate of drug-likeness (QED) is 0.752. The topological polar surface area (TPSA) is 83.0 Å². The van der Waals surface area contributed by atoms with Gasteiger partial charge in [-0.3, -0.25) is 14.7 Å². The summed E-state index contributed by atoms with van der Waals surface area (Å²) in [7, 11) is 0. The zero-order valence-electron chi connectivity index (χ0n) is 14.6. The molecule has 4 rings (SSSR count). The molecule has 0 spiro atoms. The summed E-state index contributed by atoms with van der Waals surface area (Å²) in [4.78, 5) is 26.8. The fourth-order valence-electron chi connectivity index (χ4n) is 3.64. The van der Waals surface area contributed by atoms with E-state index in [0.29, 0.717) is 18.8 Å². The number of likely N-dealkylation sites (tertiary alicyclic amines) is 1. The van der Waals surface area contributed by atoms with E-state index in [1.807, 2.05) is 52.9 Å². The number of carbonyl (C=O) groups is 2. The van der Waals surface area contributed by atoms with Crippen molar-refractivity contribution < 1.29 is 9.59 Å². The monoisotopic (exact) mass is 351 g/mol. The molecule has 2 N–H and O–H groups in total. The lowest BCUT2D eigenvalue weighted by atomic mass is 10.2. The fraction of sp³-hybridized carbons (Fsp3) is 0.316. The first-order chi connectivity index (χ1) is 12.6. The molecular weight excluding hydrogens is 330 g/mol. The number of hydrogen-bond acceptors (Lipinski definition) is 3. The van der Waals surface area contributed by atoms with Crippen LogP contribution in [0.1, 0.15) is 23.8 Å². The molecule has 3 aromatic rings. The Labute approximate surface area is 151 Å². The Morgan fingerprint density at radius 3 is 2.92 bits per heavy atom. The first kappa shape index (κ1) is 16.4. The summed E-state index contributed by atoms with van der Waals surface area (Å²) in [5.74, 6) is -0.123. The zero-order chi connectivity index (χ0) is 18.1. The Balaban J connectivity index is 1.41. The van der Waals surface area contributed by atoms with Gasteiger partial charge in [0.1, 0.15) is 12.2 Å². The number of H-pyrrole nitrogens is 1. The minimum absolute atomic E-state index is 0.0499. The molecule has 2 aromatic heterocycles. The molecular formula is C19H21N5O2. The third kappa shape index (κ3) is 3.08. The van der Waals surface area contributed by atoms with Crippen molar-refractivity contribution in [2.45, 2.75) is 32.0 Å². The van der Waals surface area contributed by atoms with Crippen LogP contribution in [0.2, 0.25) is 0 Å². The molecule has 1 saturated heterocycles. The van der Waals surface area contributed by atoms with Crippen molar-refractivity contribution in [3.05, 3.63) is 54.5 Å². The maximum atomic E-state index is 12.8. The third-order valence-corrected chi connectivity index (χ3v) is 4.96. The van der Waals surface area contributed by atoms with Crippen LogP contribution in [0.15, 0.2) is 48.8 Å². The number of aromatic nitrogens is 3. The summed E-state index contributed by atoms with van der Waals surface area (Å²) in [6.07, 6.45) is 4.24. The standard InChI is InChI=1S/C19H21N5O2/c1-13-10-15(21-19(26)16-6-8-20-22-16)11-24(13)18(25)12-23-9-7-14-4-2-3-5-17(14)23/h2-9,13,15H,10-12H2,1H3,(H,20,22)(H,21,26). The second-order valence-corrected chi connectivity index (χ2v) is 6.77. The smallest absolute Gasteiger partial charge is 0.269 e. The number of nitrogens with one attached hydrogen (secondary N) is 2. The number of para-hydroxylation sites is 1. The Morgan fingerprint density at radius 1 is 1.27 bits per heavy atom. The molecule has 7 heteroatoms. The molecule has 26 heavy (non-hydrogen) atoms. The molecule has 7 nitrogen and oxygen atoms in total. The second-order valence-electron chi connectivity index (χ2n) is 6.77. The molecule has 1 aliphatic heterocycles. The van der Waals surface area contributed by atoms with Gasteiger partial charge in [-0.15, -0.1) is 0 Å². The lowest BCUT2D eigenvalue weighted by molar-refractivity contribution is -0.132. The average molecular weight is 351 g/mol. The van der Waals surface area contributed by atoms with E-state index in [0.717, 1.165) is 17.3 Å². The van der Waals surface area contributed by atoms with E-state index in [2.05, 4.69) is 15.5 Å². The average Bonchev–Trinajstić information content (AvgIpc) is 3.35. The van der Waals surface area contributed by atoms with Gasteiger partial charge < -0.3 is 14.8 Å². The van der Waals surface area contributed by atoms with Crippen LogP contribution in [0.5, 0.6) is 0 Å². The fourth-order valence-corrected chi connectivity index (χ4v) is 3.64. The Kier molecular flexibility index (Phi) is 4.20. The van der Waals surface area contributed by atoms with Crippen LogP contribution in [-0.4, -0.2) is 50.1 Å². The number of aromatic amines is 1. The van der Waals surface area contributed by atoms with Crippen LogP contribution in [0.4, 0.5) is 0 Å². The zero-order valence-corrected chi connectivity index (χ0v) is 14.6. The summed E-state index contributed by atoms with van der Waals surface area (Å²) >= 11 is 0. The van der Waals surface area contributed by atoms with Crippen LogP contribution in [0.3, 0.4) is 0 Å². The minimum Gasteiger partial charge on any atom is -0.346 e. The van der Waals surface area contributed by atoms with E-state index in [-0.39, 0.29) is 23.9 Å². The Bertz CT molecular complexity index is 930. The first-order valence-electron chi connectivity index (χ1n) is 8.75. The highest BCUT2D eigenvalue weighted by atomic mass is 16.2. The highest BCUT2D eigenvalue weighted by Crippen LogP contribution is 2.20. The number of amides is 2. The van der Waals surface area contributed by atoms with Crippen LogP contribution < -0.4 is 5.32 Å². The molecule has 1 aliphatic rings. The van der Waals surface area contributed by atoms with E-state index < -0.39 is 0 Å². The summed E-state index contributed by atoms with van der Waals surface area (Å²) in [5, 5.41) is 10.5. The van der Waals surface area contributed by atoms with Crippen molar-refractivity contribution in [1.29, 1.82) is 0 Å². The first-order valence-corrected chi connectivity index (χ1v) is 8.75. The van der Waals surface area contributed by atoms with Crippen molar-refractivity contribution in [1.82, 2.24) is 25.0 Å². The maximum Gasteiger partial charge on any atom is 0.269 e. The molecule has 1 aromatic carbocycles. The van der Waals surface area contributed by atoms with E-state index >= 15 is 0 Å². The van der Waals surface area contributed by atoms with Gasteiger partial charge in [-0.05, 0) is 36.9 Å². The molecule has 2 atom stereocenters. The molecule has 2 unspecified atom stereocenters. The SMILES string of the molecule is CC1CC(NC(=O)c2ccn[nH]2)CN1C(=O)Cn1ccc2ccccc21. The van der Waals surface area contributed by atoms with Crippen LogP contribution >= 0.6 is 0 Å². The Morgan fingerprint density at radius 2 is 2.12 bits per heavy atom. The number of benzene rings is 1. The summed E-state index contributed by atoms with van der Waals surface area (Å²) in [6.45, 7) is 2.85. The largest absolute Gasteiger partial charge is 0.346 e. The van der Waals surface area contributed by atoms with Gasteiger partial charge in [0, 0.05) is 36.5 Å². The Hall–Kier alpha value is -3.09. The van der Waals surface area contributed by atoms with E-state index in [4.69, 9.17) is 0 Å². The van der Waals surface area contributed by atoms with Gasteiger partial charge in [0.15, 0.2) is 0 Å². The summed E-state index contributed by atoms with van der Waals surface area (Å²) in [5.41, 5.74) is 1.48. The highest BCUT2D eigenvalue weighted by Gasteiger charge is 2.33. The highest BCUT2D eigenvalue weighted by molar-refractivity contribution is 5.92. The van der Waals surface area contributed by atoms with Crippen molar-refractivity contribution >= 4 is 22.7 Å². The number of carbonyl (C=O) groups excluding carboxylic acids is 2. The van der Waals surface area contributed by atoms with Gasteiger partial charge in [-0.25, -0.2) is 0 Å². The van der Waals surface area contributed by atoms with E-state index in [1.54, 1.807) is 12.3 Å². The van der Waals surface area contributed by atoms with Gasteiger partial charge in [0.2, 0.25) is 5.91 Å². The van der Waals surface area contributed by atoms with Crippen molar-refractivity contribution in [3.63, 3.8) is 0 Å². The predicted octanol–water partition coefficient (Wildman–Crippen LogP) is 1.78. The van der Waals surface area contributed by atoms with Crippen LogP contribution in [-0.2, 0) is 11.3 Å². The van der Waals surface area contributed by atoms with Gasteiger partial charge in [-0.1, -0.05) is 18.2 Å².